The van der Waals surface area contributed by atoms with E-state index in [4.69, 9.17) is 10.8 Å². The minimum atomic E-state index is 0.288. The molecule has 0 unspecified atom stereocenters. The van der Waals surface area contributed by atoms with Gasteiger partial charge in [0.25, 0.3) is 0 Å². The number of nitrogens with one attached hydrogen (secondary N) is 1. The van der Waals surface area contributed by atoms with E-state index in [1.165, 1.54) is 25.7 Å². The highest BCUT2D eigenvalue weighted by Crippen LogP contribution is 2.26. The summed E-state index contributed by atoms with van der Waals surface area (Å²) in [5, 5.41) is 0. The van der Waals surface area contributed by atoms with Crippen molar-refractivity contribution >= 4 is 11.6 Å². The molecule has 3 N–H and O–H groups in total. The second kappa shape index (κ2) is 8.82. The van der Waals surface area contributed by atoms with E-state index in [0.717, 1.165) is 36.1 Å². The normalized spacial score (nSPS) is 11.0. The fraction of sp³-hybridized carbons (Fsp3) is 0.750. The van der Waals surface area contributed by atoms with Crippen molar-refractivity contribution in [3.05, 3.63) is 11.4 Å². The molecular formula is C16H31N5. The molecule has 0 amide bonds. The molecule has 0 aliphatic carbocycles. The summed E-state index contributed by atoms with van der Waals surface area (Å²) in [7, 11) is 0. The molecule has 1 rings (SSSR count). The predicted octanol–water partition coefficient (Wildman–Crippen LogP) is 3.60. The van der Waals surface area contributed by atoms with Crippen LogP contribution in [0.1, 0.15) is 70.7 Å². The molecule has 0 aliphatic rings. The minimum absolute atomic E-state index is 0.288. The third-order valence-corrected chi connectivity index (χ3v) is 3.65. The van der Waals surface area contributed by atoms with Gasteiger partial charge >= 0.3 is 0 Å². The third-order valence-electron chi connectivity index (χ3n) is 3.65. The number of nitrogen functional groups attached to an aromatic ring is 1. The topological polar surface area (TPSA) is 67.1 Å². The van der Waals surface area contributed by atoms with Gasteiger partial charge in [0.1, 0.15) is 17.5 Å². The number of hydrogen-bond donors (Lipinski definition) is 2. The Morgan fingerprint density at radius 2 is 1.67 bits per heavy atom. The Morgan fingerprint density at radius 1 is 1.10 bits per heavy atom. The second-order valence-electron chi connectivity index (χ2n) is 5.87. The van der Waals surface area contributed by atoms with Crippen molar-refractivity contribution in [2.45, 2.75) is 66.2 Å². The molecule has 0 atom stereocenters. The Labute approximate surface area is 129 Å². The lowest BCUT2D eigenvalue weighted by atomic mass is 10.2. The molecule has 0 saturated heterocycles. The molecule has 0 saturated carbocycles. The van der Waals surface area contributed by atoms with E-state index in [0.29, 0.717) is 0 Å². The first kappa shape index (κ1) is 17.7. The van der Waals surface area contributed by atoms with E-state index in [1.807, 2.05) is 6.92 Å². The van der Waals surface area contributed by atoms with E-state index in [9.17, 15) is 0 Å². The zero-order valence-corrected chi connectivity index (χ0v) is 14.2. The van der Waals surface area contributed by atoms with Crippen LogP contribution in [0.2, 0.25) is 0 Å². The summed E-state index contributed by atoms with van der Waals surface area (Å²) in [5.74, 6) is 8.54. The molecule has 21 heavy (non-hydrogen) atoms. The summed E-state index contributed by atoms with van der Waals surface area (Å²) >= 11 is 0. The molecule has 0 radical (unpaired) electrons. The van der Waals surface area contributed by atoms with Crippen molar-refractivity contribution in [3.8, 4) is 0 Å². The predicted molar refractivity (Wildman–Crippen MR) is 90.7 cm³/mol. The van der Waals surface area contributed by atoms with E-state index in [1.54, 1.807) is 0 Å². The summed E-state index contributed by atoms with van der Waals surface area (Å²) in [6.07, 6.45) is 4.72. The van der Waals surface area contributed by atoms with Crippen LogP contribution in [0.15, 0.2) is 0 Å². The molecule has 0 aliphatic heterocycles. The monoisotopic (exact) mass is 293 g/mol. The highest BCUT2D eigenvalue weighted by atomic mass is 15.3. The minimum Gasteiger partial charge on any atom is -0.356 e. The van der Waals surface area contributed by atoms with E-state index >= 15 is 0 Å². The first-order valence-electron chi connectivity index (χ1n) is 8.15. The summed E-state index contributed by atoms with van der Waals surface area (Å²) in [4.78, 5) is 11.7. The molecule has 1 aromatic heterocycles. The van der Waals surface area contributed by atoms with Crippen LogP contribution in [0.5, 0.6) is 0 Å². The Morgan fingerprint density at radius 3 is 2.10 bits per heavy atom. The van der Waals surface area contributed by atoms with Gasteiger partial charge in [-0.1, -0.05) is 40.5 Å². The highest BCUT2D eigenvalue weighted by molar-refractivity contribution is 5.58. The number of anilines is 2. The SMILES string of the molecule is CCCCN(CCCC)c1nc(C(C)C)nc(NN)c1C. The van der Waals surface area contributed by atoms with E-state index in [-0.39, 0.29) is 5.92 Å². The number of aromatic nitrogens is 2. The number of hydrazine groups is 1. The van der Waals surface area contributed by atoms with Crippen LogP contribution in [0.3, 0.4) is 0 Å². The molecule has 0 bridgehead atoms. The number of unbranched alkanes of at least 4 members (excludes halogenated alkanes) is 2. The van der Waals surface area contributed by atoms with Crippen LogP contribution in [-0.4, -0.2) is 23.1 Å². The molecule has 5 nitrogen and oxygen atoms in total. The Hall–Kier alpha value is -1.36. The van der Waals surface area contributed by atoms with Crippen LogP contribution in [0.25, 0.3) is 0 Å². The first-order chi connectivity index (χ1) is 10.0. The van der Waals surface area contributed by atoms with Gasteiger partial charge in [0, 0.05) is 24.6 Å². The number of hydrogen-bond acceptors (Lipinski definition) is 5. The Balaban J connectivity index is 3.16. The lowest BCUT2D eigenvalue weighted by Gasteiger charge is -2.26. The van der Waals surface area contributed by atoms with Crippen LogP contribution in [-0.2, 0) is 0 Å². The molecule has 1 aromatic rings. The van der Waals surface area contributed by atoms with Gasteiger partial charge in [0.15, 0.2) is 0 Å². The maximum absolute atomic E-state index is 5.63. The second-order valence-corrected chi connectivity index (χ2v) is 5.87. The van der Waals surface area contributed by atoms with Crippen molar-refractivity contribution in [1.29, 1.82) is 0 Å². The van der Waals surface area contributed by atoms with Gasteiger partial charge in [-0.3, -0.25) is 0 Å². The van der Waals surface area contributed by atoms with Crippen molar-refractivity contribution in [2.24, 2.45) is 5.84 Å². The van der Waals surface area contributed by atoms with Crippen molar-refractivity contribution in [2.75, 3.05) is 23.4 Å². The lowest BCUT2D eigenvalue weighted by Crippen LogP contribution is -2.29. The largest absolute Gasteiger partial charge is 0.356 e. The standard InChI is InChI=1S/C16H31N5/c1-6-8-10-21(11-9-7-2)16-13(5)15(20-17)18-14(19-16)12(3)4/h12H,6-11,17H2,1-5H3,(H,18,19,20). The third kappa shape index (κ3) is 4.84. The van der Waals surface area contributed by atoms with Gasteiger partial charge in [-0.05, 0) is 19.8 Å². The fourth-order valence-electron chi connectivity index (χ4n) is 2.25. The highest BCUT2D eigenvalue weighted by Gasteiger charge is 2.17. The maximum Gasteiger partial charge on any atom is 0.148 e. The summed E-state index contributed by atoms with van der Waals surface area (Å²) in [6.45, 7) is 12.8. The van der Waals surface area contributed by atoms with Crippen LogP contribution < -0.4 is 16.2 Å². The van der Waals surface area contributed by atoms with Crippen LogP contribution in [0.4, 0.5) is 11.6 Å². The van der Waals surface area contributed by atoms with Gasteiger partial charge in [0.05, 0.1) is 0 Å². The number of rotatable bonds is 9. The van der Waals surface area contributed by atoms with Crippen molar-refractivity contribution in [1.82, 2.24) is 9.97 Å². The number of nitrogens with zero attached hydrogens (tertiary/aromatic N) is 3. The van der Waals surface area contributed by atoms with Crippen molar-refractivity contribution < 1.29 is 0 Å². The van der Waals surface area contributed by atoms with Crippen LogP contribution >= 0.6 is 0 Å². The molecular weight excluding hydrogens is 262 g/mol. The molecule has 0 spiro atoms. The maximum atomic E-state index is 5.63. The van der Waals surface area contributed by atoms with Gasteiger partial charge < -0.3 is 10.3 Å². The molecule has 0 aromatic carbocycles. The number of nitrogens with two attached hydrogens (primary N) is 1. The Kier molecular flexibility index (Phi) is 7.43. The molecule has 1 heterocycles. The lowest BCUT2D eigenvalue weighted by molar-refractivity contribution is 0.662. The summed E-state index contributed by atoms with van der Waals surface area (Å²) in [6, 6.07) is 0. The average Bonchev–Trinajstić information content (AvgIpc) is 2.48. The van der Waals surface area contributed by atoms with Gasteiger partial charge in [-0.25, -0.2) is 15.8 Å². The smallest absolute Gasteiger partial charge is 0.148 e. The summed E-state index contributed by atoms with van der Waals surface area (Å²) < 4.78 is 0. The van der Waals surface area contributed by atoms with Gasteiger partial charge in [-0.2, -0.15) is 0 Å². The first-order valence-corrected chi connectivity index (χ1v) is 8.15. The fourth-order valence-corrected chi connectivity index (χ4v) is 2.25. The zero-order chi connectivity index (χ0) is 15.8. The molecule has 120 valence electrons. The average molecular weight is 293 g/mol. The quantitative estimate of drug-likeness (QED) is 0.538. The van der Waals surface area contributed by atoms with E-state index < -0.39 is 0 Å². The molecule has 0 fully saturated rings. The van der Waals surface area contributed by atoms with Gasteiger partial charge in [-0.15, -0.1) is 0 Å². The van der Waals surface area contributed by atoms with Gasteiger partial charge in [0.2, 0.25) is 0 Å². The molecule has 5 heteroatoms. The zero-order valence-electron chi connectivity index (χ0n) is 14.2. The summed E-state index contributed by atoms with van der Waals surface area (Å²) in [5.41, 5.74) is 3.76. The Bertz CT molecular complexity index is 423. The van der Waals surface area contributed by atoms with E-state index in [2.05, 4.69) is 43.0 Å². The van der Waals surface area contributed by atoms with Crippen molar-refractivity contribution in [3.63, 3.8) is 0 Å². The van der Waals surface area contributed by atoms with Crippen LogP contribution in [0, 0.1) is 6.92 Å².